The zero-order valence-corrected chi connectivity index (χ0v) is 19.9. The van der Waals surface area contributed by atoms with Crippen LogP contribution in [0.1, 0.15) is 44.6 Å². The Morgan fingerprint density at radius 3 is 2.72 bits per heavy atom. The number of nitrogens with one attached hydrogen (secondary N) is 1. The number of thiocarbonyl (C=S) groups is 1. The Kier molecular flexibility index (Phi) is 7.68. The van der Waals surface area contributed by atoms with Crippen molar-refractivity contribution in [3.63, 3.8) is 0 Å². The molecule has 4 rings (SSSR count). The molecule has 32 heavy (non-hydrogen) atoms. The average molecular weight is 458 g/mol. The molecule has 0 aliphatic carbocycles. The summed E-state index contributed by atoms with van der Waals surface area (Å²) < 4.78 is 11.3. The standard InChI is InChI=1S/C25H35N3O3S/c1-2-30-22-8-4-3-6-20(22)9-10-23(29)27-14-11-25(12-15-27)13-16-28(19-25)24(32)26-18-21-7-5-17-31-21/h3-4,6,8-10,21H,2,5,7,11-19H2,1H3,(H,26,32). The minimum Gasteiger partial charge on any atom is -0.493 e. The zero-order valence-electron chi connectivity index (χ0n) is 19.1. The van der Waals surface area contributed by atoms with Gasteiger partial charge in [0.15, 0.2) is 5.11 Å². The van der Waals surface area contributed by atoms with E-state index in [9.17, 15) is 4.79 Å². The molecule has 0 bridgehead atoms. The molecule has 1 aromatic rings. The highest BCUT2D eigenvalue weighted by Crippen LogP contribution is 2.40. The van der Waals surface area contributed by atoms with Crippen molar-refractivity contribution in [1.29, 1.82) is 0 Å². The van der Waals surface area contributed by atoms with E-state index < -0.39 is 0 Å². The molecule has 3 fully saturated rings. The molecule has 1 amide bonds. The third-order valence-corrected chi connectivity index (χ3v) is 7.39. The number of para-hydroxylation sites is 1. The predicted octanol–water partition coefficient (Wildman–Crippen LogP) is 3.47. The van der Waals surface area contributed by atoms with Gasteiger partial charge in [-0.2, -0.15) is 0 Å². The van der Waals surface area contributed by atoms with Gasteiger partial charge >= 0.3 is 0 Å². The molecule has 3 heterocycles. The molecule has 6 nitrogen and oxygen atoms in total. The number of piperidine rings is 1. The lowest BCUT2D eigenvalue weighted by Gasteiger charge is -2.39. The van der Waals surface area contributed by atoms with Gasteiger partial charge in [0.25, 0.3) is 0 Å². The van der Waals surface area contributed by atoms with E-state index in [1.165, 1.54) is 0 Å². The van der Waals surface area contributed by atoms with Gasteiger partial charge < -0.3 is 24.6 Å². The smallest absolute Gasteiger partial charge is 0.246 e. The number of hydrogen-bond acceptors (Lipinski definition) is 4. The minimum atomic E-state index is 0.0785. The molecular weight excluding hydrogens is 422 g/mol. The van der Waals surface area contributed by atoms with Crippen LogP contribution in [0, 0.1) is 5.41 Å². The summed E-state index contributed by atoms with van der Waals surface area (Å²) in [5.74, 6) is 0.890. The van der Waals surface area contributed by atoms with Gasteiger partial charge in [0.1, 0.15) is 5.75 Å². The third-order valence-electron chi connectivity index (χ3n) is 6.99. The van der Waals surface area contributed by atoms with Gasteiger partial charge in [-0.25, -0.2) is 0 Å². The minimum absolute atomic E-state index is 0.0785. The fraction of sp³-hybridized carbons (Fsp3) is 0.600. The highest BCUT2D eigenvalue weighted by Gasteiger charge is 2.41. The van der Waals surface area contributed by atoms with Crippen LogP contribution in [-0.4, -0.2) is 72.9 Å². The lowest BCUT2D eigenvalue weighted by atomic mass is 9.78. The largest absolute Gasteiger partial charge is 0.493 e. The van der Waals surface area contributed by atoms with E-state index in [2.05, 4.69) is 10.2 Å². The number of ether oxygens (including phenoxy) is 2. The van der Waals surface area contributed by atoms with Crippen molar-refractivity contribution in [2.75, 3.05) is 45.9 Å². The Morgan fingerprint density at radius 1 is 1.25 bits per heavy atom. The van der Waals surface area contributed by atoms with Gasteiger partial charge in [-0.1, -0.05) is 18.2 Å². The number of carbonyl (C=O) groups is 1. The molecule has 3 aliphatic heterocycles. The van der Waals surface area contributed by atoms with E-state index in [1.54, 1.807) is 6.08 Å². The highest BCUT2D eigenvalue weighted by atomic mass is 32.1. The lowest BCUT2D eigenvalue weighted by molar-refractivity contribution is -0.128. The molecule has 1 spiro atoms. The van der Waals surface area contributed by atoms with Crippen LogP contribution in [0.25, 0.3) is 6.08 Å². The molecule has 174 valence electrons. The van der Waals surface area contributed by atoms with Crippen LogP contribution in [0.4, 0.5) is 0 Å². The molecule has 1 aromatic carbocycles. The lowest BCUT2D eigenvalue weighted by Crippen LogP contribution is -2.46. The fourth-order valence-electron chi connectivity index (χ4n) is 5.01. The Labute approximate surface area is 196 Å². The first-order valence-corrected chi connectivity index (χ1v) is 12.3. The van der Waals surface area contributed by atoms with Crippen molar-refractivity contribution in [1.82, 2.24) is 15.1 Å². The second kappa shape index (κ2) is 10.7. The van der Waals surface area contributed by atoms with E-state index >= 15 is 0 Å². The van der Waals surface area contributed by atoms with Gasteiger partial charge in [0.05, 0.1) is 12.7 Å². The summed E-state index contributed by atoms with van der Waals surface area (Å²) in [5, 5.41) is 4.26. The average Bonchev–Trinajstić information content (AvgIpc) is 3.48. The van der Waals surface area contributed by atoms with E-state index in [-0.39, 0.29) is 11.3 Å². The first kappa shape index (κ1) is 23.1. The summed E-state index contributed by atoms with van der Waals surface area (Å²) in [6.45, 7) is 7.85. The quantitative estimate of drug-likeness (QED) is 0.522. The molecular formula is C25H35N3O3S. The normalized spacial score (nSPS) is 22.6. The number of rotatable bonds is 6. The molecule has 0 aromatic heterocycles. The summed E-state index contributed by atoms with van der Waals surface area (Å²) in [7, 11) is 0. The van der Waals surface area contributed by atoms with Gasteiger partial charge in [-0.3, -0.25) is 4.79 Å². The van der Waals surface area contributed by atoms with Crippen molar-refractivity contribution < 1.29 is 14.3 Å². The summed E-state index contributed by atoms with van der Waals surface area (Å²) in [5.41, 5.74) is 1.21. The van der Waals surface area contributed by atoms with Crippen LogP contribution in [-0.2, 0) is 9.53 Å². The number of nitrogens with zero attached hydrogens (tertiary/aromatic N) is 2. The SMILES string of the molecule is CCOc1ccccc1C=CC(=O)N1CCC2(CC1)CCN(C(=S)NCC1CCCO1)C2. The molecule has 0 radical (unpaired) electrons. The van der Waals surface area contributed by atoms with E-state index in [0.29, 0.717) is 12.7 Å². The predicted molar refractivity (Wildman–Crippen MR) is 131 cm³/mol. The van der Waals surface area contributed by atoms with Crippen molar-refractivity contribution in [3.05, 3.63) is 35.9 Å². The van der Waals surface area contributed by atoms with Crippen LogP contribution in [0.2, 0.25) is 0 Å². The highest BCUT2D eigenvalue weighted by molar-refractivity contribution is 7.80. The summed E-state index contributed by atoms with van der Waals surface area (Å²) in [6.07, 6.45) is 9.33. The number of likely N-dealkylation sites (tertiary alicyclic amines) is 2. The Bertz CT molecular complexity index is 829. The summed E-state index contributed by atoms with van der Waals surface area (Å²) in [4.78, 5) is 17.1. The molecule has 0 saturated carbocycles. The molecule has 3 aliphatic rings. The second-order valence-electron chi connectivity index (χ2n) is 9.12. The molecule has 1 atom stereocenters. The zero-order chi connectivity index (χ0) is 22.4. The first-order chi connectivity index (χ1) is 15.6. The Hall–Kier alpha value is -2.12. The number of benzene rings is 1. The van der Waals surface area contributed by atoms with Gasteiger partial charge in [-0.15, -0.1) is 0 Å². The molecule has 7 heteroatoms. The van der Waals surface area contributed by atoms with Gasteiger partial charge in [0.2, 0.25) is 5.91 Å². The van der Waals surface area contributed by atoms with Crippen LogP contribution in [0.5, 0.6) is 5.75 Å². The monoisotopic (exact) mass is 457 g/mol. The van der Waals surface area contributed by atoms with E-state index in [1.807, 2.05) is 42.2 Å². The number of amides is 1. The van der Waals surface area contributed by atoms with Crippen molar-refractivity contribution in [2.45, 2.75) is 45.1 Å². The maximum absolute atomic E-state index is 12.8. The van der Waals surface area contributed by atoms with Gasteiger partial charge in [0, 0.05) is 51.0 Å². The summed E-state index contributed by atoms with van der Waals surface area (Å²) >= 11 is 5.65. The Morgan fingerprint density at radius 2 is 2.00 bits per heavy atom. The van der Waals surface area contributed by atoms with E-state index in [4.69, 9.17) is 21.7 Å². The Balaban J connectivity index is 1.25. The maximum Gasteiger partial charge on any atom is 0.246 e. The number of carbonyl (C=O) groups excluding carboxylic acids is 1. The number of hydrogen-bond donors (Lipinski definition) is 1. The van der Waals surface area contributed by atoms with E-state index in [0.717, 1.165) is 87.9 Å². The van der Waals surface area contributed by atoms with Crippen molar-refractivity contribution in [3.8, 4) is 5.75 Å². The maximum atomic E-state index is 12.8. The van der Waals surface area contributed by atoms with Crippen molar-refractivity contribution >= 4 is 29.3 Å². The van der Waals surface area contributed by atoms with Crippen molar-refractivity contribution in [2.24, 2.45) is 5.41 Å². The topological polar surface area (TPSA) is 54.0 Å². The fourth-order valence-corrected chi connectivity index (χ4v) is 5.25. The third kappa shape index (κ3) is 5.62. The molecule has 1 unspecified atom stereocenters. The van der Waals surface area contributed by atoms with Crippen LogP contribution in [0.15, 0.2) is 30.3 Å². The summed E-state index contributed by atoms with van der Waals surface area (Å²) in [6, 6.07) is 7.82. The first-order valence-electron chi connectivity index (χ1n) is 11.9. The van der Waals surface area contributed by atoms with Crippen LogP contribution >= 0.6 is 12.2 Å². The van der Waals surface area contributed by atoms with Crippen LogP contribution in [0.3, 0.4) is 0 Å². The molecule has 1 N–H and O–H groups in total. The van der Waals surface area contributed by atoms with Gasteiger partial charge in [-0.05, 0) is 68.8 Å². The van der Waals surface area contributed by atoms with Crippen LogP contribution < -0.4 is 10.1 Å². The second-order valence-corrected chi connectivity index (χ2v) is 9.51. The molecule has 3 saturated heterocycles.